The van der Waals surface area contributed by atoms with Gasteiger partial charge in [-0.15, -0.1) is 11.3 Å². The van der Waals surface area contributed by atoms with Crippen LogP contribution < -0.4 is 10.6 Å². The molecule has 0 aliphatic heterocycles. The van der Waals surface area contributed by atoms with Crippen LogP contribution in [-0.2, 0) is 20.4 Å². The van der Waals surface area contributed by atoms with Crippen molar-refractivity contribution in [2.75, 3.05) is 23.8 Å². The molecule has 2 aromatic heterocycles. The molecule has 0 radical (unpaired) electrons. The van der Waals surface area contributed by atoms with E-state index in [1.54, 1.807) is 6.92 Å². The van der Waals surface area contributed by atoms with Crippen molar-refractivity contribution in [2.45, 2.75) is 26.9 Å². The molecule has 0 spiro atoms. The molecule has 0 saturated heterocycles. The molecule has 2 N–H and O–H groups in total. The summed E-state index contributed by atoms with van der Waals surface area (Å²) in [7, 11) is 0. The number of halogens is 3. The monoisotopic (exact) mass is 597 g/mol. The number of aromatic nitrogens is 1. The molecule has 218 valence electrons. The molecule has 1 amide bonds. The lowest BCUT2D eigenvalue weighted by molar-refractivity contribution is -0.137. The number of carbonyl (C=O) groups is 3. The Morgan fingerprint density at radius 3 is 2.38 bits per heavy atom. The highest BCUT2D eigenvalue weighted by atomic mass is 32.1. The van der Waals surface area contributed by atoms with Crippen molar-refractivity contribution in [2.24, 2.45) is 0 Å². The second-order valence-electron chi connectivity index (χ2n) is 9.05. The summed E-state index contributed by atoms with van der Waals surface area (Å²) < 4.78 is 49.7. The Morgan fingerprint density at radius 2 is 1.69 bits per heavy atom. The molecule has 0 atom stereocenters. The molecule has 4 aromatic rings. The summed E-state index contributed by atoms with van der Waals surface area (Å²) in [6.07, 6.45) is -3.20. The van der Waals surface area contributed by atoms with E-state index >= 15 is 0 Å². The molecule has 42 heavy (non-hydrogen) atoms. The van der Waals surface area contributed by atoms with E-state index in [4.69, 9.17) is 9.47 Å². The summed E-state index contributed by atoms with van der Waals surface area (Å²) in [6.45, 7) is 4.87. The maximum absolute atomic E-state index is 13.1. The molecule has 0 fully saturated rings. The first-order valence-corrected chi connectivity index (χ1v) is 13.5. The number of pyridine rings is 1. The summed E-state index contributed by atoms with van der Waals surface area (Å²) in [5.74, 6) is -2.29. The number of nitrogens with one attached hydrogen (secondary N) is 2. The predicted molar refractivity (Wildman–Crippen MR) is 153 cm³/mol. The number of hydrogen-bond acceptors (Lipinski definition) is 8. The van der Waals surface area contributed by atoms with E-state index in [2.05, 4.69) is 15.6 Å². The summed E-state index contributed by atoms with van der Waals surface area (Å²) in [6, 6.07) is 14.8. The molecule has 12 heteroatoms. The third-order valence-electron chi connectivity index (χ3n) is 5.97. The normalized spacial score (nSPS) is 11.1. The molecule has 0 aliphatic rings. The van der Waals surface area contributed by atoms with E-state index in [1.807, 2.05) is 38.1 Å². The van der Waals surface area contributed by atoms with Crippen LogP contribution in [0, 0.1) is 13.8 Å². The van der Waals surface area contributed by atoms with E-state index in [0.717, 1.165) is 28.1 Å². The maximum Gasteiger partial charge on any atom is 0.416 e. The number of nitrogens with zero attached hydrogens (tertiary/aromatic N) is 1. The maximum atomic E-state index is 13.1. The summed E-state index contributed by atoms with van der Waals surface area (Å²) in [5.41, 5.74) is 1.74. The number of carbonyl (C=O) groups excluding carboxylic acids is 3. The van der Waals surface area contributed by atoms with Crippen LogP contribution in [0.1, 0.15) is 43.6 Å². The average molecular weight is 598 g/mol. The van der Waals surface area contributed by atoms with Crippen LogP contribution in [-0.4, -0.2) is 36.0 Å². The topological polar surface area (TPSA) is 107 Å². The van der Waals surface area contributed by atoms with Crippen LogP contribution >= 0.6 is 11.3 Å². The number of amides is 1. The number of rotatable bonds is 9. The van der Waals surface area contributed by atoms with Crippen LogP contribution in [0.2, 0.25) is 0 Å². The molecular formula is C30H26F3N3O5S. The van der Waals surface area contributed by atoms with Crippen LogP contribution in [0.25, 0.3) is 11.1 Å². The Bertz CT molecular complexity index is 1620. The second-order valence-corrected chi connectivity index (χ2v) is 10.3. The van der Waals surface area contributed by atoms with Crippen molar-refractivity contribution in [1.82, 2.24) is 4.98 Å². The predicted octanol–water partition coefficient (Wildman–Crippen LogP) is 7.16. The van der Waals surface area contributed by atoms with Gasteiger partial charge in [-0.25, -0.2) is 14.6 Å². The lowest BCUT2D eigenvalue weighted by atomic mass is 10.0. The summed E-state index contributed by atoms with van der Waals surface area (Å²) in [4.78, 5) is 43.4. The largest absolute Gasteiger partial charge is 0.462 e. The van der Waals surface area contributed by atoms with Crippen molar-refractivity contribution >= 4 is 45.7 Å². The number of ether oxygens (including phenoxy) is 2. The van der Waals surface area contributed by atoms with Gasteiger partial charge < -0.3 is 20.1 Å². The number of thiophene rings is 1. The third-order valence-corrected chi connectivity index (χ3v) is 6.99. The Labute approximate surface area is 243 Å². The van der Waals surface area contributed by atoms with Crippen molar-refractivity contribution < 1.29 is 37.0 Å². The number of esters is 2. The Morgan fingerprint density at radius 1 is 0.952 bits per heavy atom. The zero-order chi connectivity index (χ0) is 30.4. The Kier molecular flexibility index (Phi) is 9.26. The molecule has 0 bridgehead atoms. The highest BCUT2D eigenvalue weighted by Crippen LogP contribution is 2.40. The van der Waals surface area contributed by atoms with Crippen molar-refractivity contribution in [3.05, 3.63) is 94.0 Å². The summed E-state index contributed by atoms with van der Waals surface area (Å²) >= 11 is 1.19. The van der Waals surface area contributed by atoms with Gasteiger partial charge in [0.05, 0.1) is 12.2 Å². The van der Waals surface area contributed by atoms with E-state index in [9.17, 15) is 27.6 Å². The quantitative estimate of drug-likeness (QED) is 0.197. The second kappa shape index (κ2) is 12.9. The minimum atomic E-state index is -4.55. The molecular weight excluding hydrogens is 571 g/mol. The van der Waals surface area contributed by atoms with Gasteiger partial charge in [0, 0.05) is 22.3 Å². The van der Waals surface area contributed by atoms with Gasteiger partial charge in [0.2, 0.25) is 0 Å². The first-order chi connectivity index (χ1) is 20.0. The lowest BCUT2D eigenvalue weighted by Crippen LogP contribution is -2.22. The molecule has 0 unspecified atom stereocenters. The molecule has 8 nitrogen and oxygen atoms in total. The van der Waals surface area contributed by atoms with Gasteiger partial charge in [-0.3, -0.25) is 4.79 Å². The van der Waals surface area contributed by atoms with Crippen LogP contribution in [0.5, 0.6) is 0 Å². The standard InChI is InChI=1S/C30H26F3N3O5S/c1-4-40-29(39)25-24(19-12-10-17(2)11-13-19)18(3)42-27(25)36-23(37)16-41-28(38)22-9-6-14-34-26(22)35-21-8-5-7-20(15-21)30(31,32)33/h5-15H,4,16H2,1-3H3,(H,34,35)(H,36,37). The van der Waals surface area contributed by atoms with Crippen LogP contribution in [0.4, 0.5) is 29.7 Å². The fourth-order valence-corrected chi connectivity index (χ4v) is 5.13. The van der Waals surface area contributed by atoms with E-state index in [-0.39, 0.29) is 34.2 Å². The van der Waals surface area contributed by atoms with Crippen LogP contribution in [0.3, 0.4) is 0 Å². The fourth-order valence-electron chi connectivity index (χ4n) is 4.05. The van der Waals surface area contributed by atoms with Crippen molar-refractivity contribution in [3.8, 4) is 11.1 Å². The summed E-state index contributed by atoms with van der Waals surface area (Å²) in [5, 5.41) is 5.57. The van der Waals surface area contributed by atoms with Gasteiger partial charge in [0.25, 0.3) is 5.91 Å². The van der Waals surface area contributed by atoms with Gasteiger partial charge in [-0.05, 0) is 56.7 Å². The highest BCUT2D eigenvalue weighted by molar-refractivity contribution is 7.17. The van der Waals surface area contributed by atoms with Crippen molar-refractivity contribution in [1.29, 1.82) is 0 Å². The van der Waals surface area contributed by atoms with Gasteiger partial charge >= 0.3 is 18.1 Å². The van der Waals surface area contributed by atoms with Gasteiger partial charge in [-0.2, -0.15) is 13.2 Å². The Hall–Kier alpha value is -4.71. The molecule has 0 saturated carbocycles. The number of anilines is 3. The Balaban J connectivity index is 1.49. The van der Waals surface area contributed by atoms with E-state index in [1.165, 1.54) is 41.8 Å². The highest BCUT2D eigenvalue weighted by Gasteiger charge is 2.30. The van der Waals surface area contributed by atoms with Gasteiger partial charge in [0.15, 0.2) is 6.61 Å². The van der Waals surface area contributed by atoms with Crippen LogP contribution in [0.15, 0.2) is 66.9 Å². The SMILES string of the molecule is CCOC(=O)c1c(NC(=O)COC(=O)c2cccnc2Nc2cccc(C(F)(F)F)c2)sc(C)c1-c1ccc(C)cc1. The first-order valence-electron chi connectivity index (χ1n) is 12.7. The molecule has 2 aromatic carbocycles. The van der Waals surface area contributed by atoms with Gasteiger partial charge in [-0.1, -0.05) is 35.9 Å². The zero-order valence-corrected chi connectivity index (χ0v) is 23.6. The number of aryl methyl sites for hydroxylation is 2. The average Bonchev–Trinajstić information content (AvgIpc) is 3.27. The van der Waals surface area contributed by atoms with Gasteiger partial charge in [0.1, 0.15) is 21.9 Å². The van der Waals surface area contributed by atoms with Crippen molar-refractivity contribution in [3.63, 3.8) is 0 Å². The minimum absolute atomic E-state index is 0.0524. The zero-order valence-electron chi connectivity index (χ0n) is 22.8. The lowest BCUT2D eigenvalue weighted by Gasteiger charge is -2.13. The third kappa shape index (κ3) is 7.13. The number of benzene rings is 2. The fraction of sp³-hybridized carbons (Fsp3) is 0.200. The first kappa shape index (κ1) is 30.3. The smallest absolute Gasteiger partial charge is 0.416 e. The molecule has 4 rings (SSSR count). The van der Waals surface area contributed by atoms with E-state index < -0.39 is 36.2 Å². The number of hydrogen-bond donors (Lipinski definition) is 2. The van der Waals surface area contributed by atoms with E-state index in [0.29, 0.717) is 5.56 Å². The minimum Gasteiger partial charge on any atom is -0.462 e. The molecule has 2 heterocycles. The molecule has 0 aliphatic carbocycles. The number of alkyl halides is 3.